The van der Waals surface area contributed by atoms with Gasteiger partial charge in [-0.1, -0.05) is 36.4 Å². The van der Waals surface area contributed by atoms with Crippen LogP contribution in [0.25, 0.3) is 0 Å². The zero-order valence-corrected chi connectivity index (χ0v) is 21.9. The first-order valence-electron chi connectivity index (χ1n) is 11.9. The van der Waals surface area contributed by atoms with E-state index in [1.54, 1.807) is 4.57 Å². The number of amides is 1. The monoisotopic (exact) mass is 555 g/mol. The largest absolute Gasteiger partial charge is 0.492 e. The van der Waals surface area contributed by atoms with Gasteiger partial charge in [-0.05, 0) is 52.0 Å². The number of carbonyl (C=O) groups is 2. The number of fused-ring (bicyclic) bond motifs is 1. The van der Waals surface area contributed by atoms with Crippen molar-refractivity contribution in [1.29, 1.82) is 0 Å². The number of halogens is 1. The Kier molecular flexibility index (Phi) is 8.27. The Hall–Kier alpha value is -3.37. The van der Waals surface area contributed by atoms with Gasteiger partial charge in [0.05, 0.1) is 24.7 Å². The predicted octanol–water partition coefficient (Wildman–Crippen LogP) is 3.15. The second-order valence-electron chi connectivity index (χ2n) is 8.56. The number of esters is 1. The van der Waals surface area contributed by atoms with E-state index in [1.165, 1.54) is 7.11 Å². The van der Waals surface area contributed by atoms with Gasteiger partial charge in [0.15, 0.2) is 11.5 Å². The Balaban J connectivity index is 1.66. The summed E-state index contributed by atoms with van der Waals surface area (Å²) in [6.07, 6.45) is 1.45. The second-order valence-corrected chi connectivity index (χ2v) is 9.42. The number of hydrogen-bond donors (Lipinski definition) is 3. The zero-order valence-electron chi connectivity index (χ0n) is 20.3. The standard InChI is InChI=1S/C26H30BrN5O4/c1-3-29-25(33)21-23(30-14-19(28)12-16-7-5-4-6-8-16)31-24(26(34)35-2)32(21)15-17-11-18-9-10-36-22(18)20(27)13-17/h4-8,11,13,19,30H,3,9-10,12,14-15,28H2,1-2H3,(H,29,33)/t19-/m1/s1. The van der Waals surface area contributed by atoms with E-state index in [9.17, 15) is 9.59 Å². The molecule has 1 amide bonds. The third kappa shape index (κ3) is 5.71. The van der Waals surface area contributed by atoms with E-state index < -0.39 is 5.97 Å². The maximum absolute atomic E-state index is 13.2. The maximum Gasteiger partial charge on any atom is 0.374 e. The number of nitrogens with zero attached hydrogens (tertiary/aromatic N) is 2. The summed E-state index contributed by atoms with van der Waals surface area (Å²) in [5.41, 5.74) is 9.68. The molecular formula is C26H30BrN5O4. The summed E-state index contributed by atoms with van der Waals surface area (Å²) in [4.78, 5) is 30.3. The van der Waals surface area contributed by atoms with Crippen LogP contribution in [0.2, 0.25) is 0 Å². The van der Waals surface area contributed by atoms with Gasteiger partial charge in [0, 0.05) is 25.6 Å². The molecule has 1 aromatic heterocycles. The molecule has 0 fully saturated rings. The molecule has 3 aromatic rings. The van der Waals surface area contributed by atoms with Crippen LogP contribution in [0.15, 0.2) is 46.9 Å². The number of nitrogens with two attached hydrogens (primary N) is 1. The van der Waals surface area contributed by atoms with Crippen molar-refractivity contribution in [1.82, 2.24) is 14.9 Å². The lowest BCUT2D eigenvalue weighted by Crippen LogP contribution is -2.32. The van der Waals surface area contributed by atoms with Crippen molar-refractivity contribution in [2.45, 2.75) is 32.4 Å². The fourth-order valence-electron chi connectivity index (χ4n) is 4.27. The van der Waals surface area contributed by atoms with Crippen LogP contribution in [-0.2, 0) is 24.1 Å². The van der Waals surface area contributed by atoms with Crippen molar-refractivity contribution in [3.8, 4) is 5.75 Å². The van der Waals surface area contributed by atoms with Crippen molar-refractivity contribution in [3.63, 3.8) is 0 Å². The van der Waals surface area contributed by atoms with Gasteiger partial charge in [-0.2, -0.15) is 0 Å². The van der Waals surface area contributed by atoms with E-state index >= 15 is 0 Å². The summed E-state index contributed by atoms with van der Waals surface area (Å²) in [6.45, 7) is 3.48. The molecule has 190 valence electrons. The van der Waals surface area contributed by atoms with Gasteiger partial charge in [0.25, 0.3) is 5.91 Å². The van der Waals surface area contributed by atoms with Crippen LogP contribution >= 0.6 is 15.9 Å². The minimum atomic E-state index is -0.634. The molecule has 9 nitrogen and oxygen atoms in total. The molecule has 0 radical (unpaired) electrons. The van der Waals surface area contributed by atoms with Crippen LogP contribution in [0, 0.1) is 0 Å². The minimum absolute atomic E-state index is 0.0331. The first kappa shape index (κ1) is 25.7. The lowest BCUT2D eigenvalue weighted by molar-refractivity contribution is 0.0581. The molecular weight excluding hydrogens is 526 g/mol. The van der Waals surface area contributed by atoms with Crippen molar-refractivity contribution in [2.24, 2.45) is 5.73 Å². The highest BCUT2D eigenvalue weighted by molar-refractivity contribution is 9.10. The highest BCUT2D eigenvalue weighted by Gasteiger charge is 2.28. The number of ether oxygens (including phenoxy) is 2. The molecule has 0 spiro atoms. The van der Waals surface area contributed by atoms with Crippen LogP contribution in [0.4, 0.5) is 5.82 Å². The quantitative estimate of drug-likeness (QED) is 0.328. The normalized spacial score (nSPS) is 13.0. The topological polar surface area (TPSA) is 121 Å². The van der Waals surface area contributed by atoms with Gasteiger partial charge in [0.1, 0.15) is 5.75 Å². The number of methoxy groups -OCH3 is 1. The number of benzene rings is 2. The fourth-order valence-corrected chi connectivity index (χ4v) is 4.93. The highest BCUT2D eigenvalue weighted by atomic mass is 79.9. The molecule has 4 rings (SSSR count). The smallest absolute Gasteiger partial charge is 0.374 e. The number of aromatic nitrogens is 2. The number of anilines is 1. The van der Waals surface area contributed by atoms with Crippen molar-refractivity contribution >= 4 is 33.6 Å². The third-order valence-corrected chi connectivity index (χ3v) is 6.49. The van der Waals surface area contributed by atoms with E-state index in [1.807, 2.05) is 49.4 Å². The molecule has 36 heavy (non-hydrogen) atoms. The lowest BCUT2D eigenvalue weighted by atomic mass is 10.1. The van der Waals surface area contributed by atoms with Crippen molar-refractivity contribution in [3.05, 3.63) is 75.1 Å². The molecule has 2 heterocycles. The molecule has 1 atom stereocenters. The lowest BCUT2D eigenvalue weighted by Gasteiger charge is -2.15. The van der Waals surface area contributed by atoms with E-state index in [2.05, 4.69) is 31.5 Å². The van der Waals surface area contributed by atoms with E-state index in [4.69, 9.17) is 15.2 Å². The van der Waals surface area contributed by atoms with Crippen molar-refractivity contribution < 1.29 is 19.1 Å². The van der Waals surface area contributed by atoms with Gasteiger partial charge >= 0.3 is 5.97 Å². The Bertz CT molecular complexity index is 1240. The maximum atomic E-state index is 13.2. The molecule has 0 saturated heterocycles. The van der Waals surface area contributed by atoms with Gasteiger partial charge < -0.3 is 30.4 Å². The molecule has 1 aliphatic heterocycles. The SMILES string of the molecule is CCNC(=O)c1c(NC[C@H](N)Cc2ccccc2)nc(C(=O)OC)n1Cc1cc(Br)c2c(c1)CCO2. The number of rotatable bonds is 10. The van der Waals surface area contributed by atoms with Gasteiger partial charge in [0.2, 0.25) is 5.82 Å². The van der Waals surface area contributed by atoms with Gasteiger partial charge in [-0.15, -0.1) is 0 Å². The number of hydrogen-bond acceptors (Lipinski definition) is 7. The first-order valence-corrected chi connectivity index (χ1v) is 12.6. The predicted molar refractivity (Wildman–Crippen MR) is 141 cm³/mol. The minimum Gasteiger partial charge on any atom is -0.492 e. The number of nitrogens with one attached hydrogen (secondary N) is 2. The van der Waals surface area contributed by atoms with Crippen LogP contribution in [0.3, 0.4) is 0 Å². The molecule has 2 aromatic carbocycles. The molecule has 0 bridgehead atoms. The summed E-state index contributed by atoms with van der Waals surface area (Å²) < 4.78 is 13.1. The first-order chi connectivity index (χ1) is 17.4. The molecule has 1 aliphatic rings. The number of carbonyl (C=O) groups excluding carboxylic acids is 2. The van der Waals surface area contributed by atoms with Crippen LogP contribution in [-0.4, -0.2) is 54.3 Å². The third-order valence-electron chi connectivity index (χ3n) is 5.90. The van der Waals surface area contributed by atoms with E-state index in [-0.39, 0.29) is 35.8 Å². The zero-order chi connectivity index (χ0) is 25.7. The van der Waals surface area contributed by atoms with Crippen LogP contribution < -0.4 is 21.1 Å². The number of imidazole rings is 1. The fraction of sp³-hybridized carbons (Fsp3) is 0.346. The molecule has 4 N–H and O–H groups in total. The summed E-state index contributed by atoms with van der Waals surface area (Å²) >= 11 is 3.57. The Morgan fingerprint density at radius 3 is 2.75 bits per heavy atom. The summed E-state index contributed by atoms with van der Waals surface area (Å²) in [5.74, 6) is 0.170. The average molecular weight is 556 g/mol. The summed E-state index contributed by atoms with van der Waals surface area (Å²) in [6, 6.07) is 13.7. The molecule has 0 aliphatic carbocycles. The van der Waals surface area contributed by atoms with Gasteiger partial charge in [-0.25, -0.2) is 9.78 Å². The van der Waals surface area contributed by atoms with Crippen LogP contribution in [0.1, 0.15) is 44.7 Å². The Morgan fingerprint density at radius 2 is 2.03 bits per heavy atom. The average Bonchev–Trinajstić information content (AvgIpc) is 3.48. The van der Waals surface area contributed by atoms with Crippen LogP contribution in [0.5, 0.6) is 5.75 Å². The summed E-state index contributed by atoms with van der Waals surface area (Å²) in [7, 11) is 1.29. The Labute approximate surface area is 218 Å². The molecule has 0 saturated carbocycles. The Morgan fingerprint density at radius 1 is 1.25 bits per heavy atom. The van der Waals surface area contributed by atoms with Gasteiger partial charge in [-0.3, -0.25) is 4.79 Å². The molecule has 10 heteroatoms. The summed E-state index contributed by atoms with van der Waals surface area (Å²) in [5, 5.41) is 6.02. The second kappa shape index (κ2) is 11.6. The highest BCUT2D eigenvalue weighted by Crippen LogP contribution is 2.35. The van der Waals surface area contributed by atoms with E-state index in [0.717, 1.165) is 33.3 Å². The van der Waals surface area contributed by atoms with E-state index in [0.29, 0.717) is 26.1 Å². The molecule has 0 unspecified atom stereocenters. The van der Waals surface area contributed by atoms with Crippen molar-refractivity contribution in [2.75, 3.05) is 32.1 Å².